The molecule has 0 saturated carbocycles. The van der Waals surface area contributed by atoms with Crippen molar-refractivity contribution in [2.75, 3.05) is 0 Å². The Morgan fingerprint density at radius 3 is 2.96 bits per heavy atom. The Morgan fingerprint density at radius 2 is 2.08 bits per heavy atom. The zero-order valence-electron chi connectivity index (χ0n) is 12.8. The lowest BCUT2D eigenvalue weighted by atomic mass is 10.1. The third kappa shape index (κ3) is 2.06. The van der Waals surface area contributed by atoms with Crippen LogP contribution in [0.15, 0.2) is 23.3 Å². The van der Waals surface area contributed by atoms with Crippen molar-refractivity contribution in [1.82, 2.24) is 29.8 Å². The largest absolute Gasteiger partial charge is 0.268 e. The topological polar surface area (TPSA) is 88.8 Å². The number of nitrogens with one attached hydrogen (secondary N) is 1. The number of fused-ring (bicyclic) bond motifs is 5. The molecule has 0 atom stereocenters. The number of aryl methyl sites for hydroxylation is 2. The van der Waals surface area contributed by atoms with Crippen molar-refractivity contribution in [2.45, 2.75) is 32.1 Å². The highest BCUT2D eigenvalue weighted by Crippen LogP contribution is 2.36. The van der Waals surface area contributed by atoms with E-state index in [2.05, 4.69) is 25.3 Å². The van der Waals surface area contributed by atoms with Gasteiger partial charge in [-0.15, -0.1) is 16.4 Å². The molecular weight excluding hydrogens is 324 g/mol. The fourth-order valence-electron chi connectivity index (χ4n) is 3.31. The average Bonchev–Trinajstić information content (AvgIpc) is 3.09. The smallest absolute Gasteiger partial charge is 0.264 e. The quantitative estimate of drug-likeness (QED) is 0.538. The Morgan fingerprint density at radius 1 is 1.17 bits per heavy atom. The molecule has 0 radical (unpaired) electrons. The molecule has 0 unspecified atom stereocenters. The molecule has 7 nitrogen and oxygen atoms in total. The van der Waals surface area contributed by atoms with Gasteiger partial charge in [0.15, 0.2) is 5.65 Å². The van der Waals surface area contributed by atoms with Crippen LogP contribution >= 0.6 is 11.3 Å². The number of aromatic amines is 1. The molecule has 0 fully saturated rings. The molecule has 4 aromatic rings. The number of rotatable bonds is 1. The van der Waals surface area contributed by atoms with E-state index in [4.69, 9.17) is 0 Å². The molecule has 0 aromatic carbocycles. The summed E-state index contributed by atoms with van der Waals surface area (Å²) in [4.78, 5) is 22.9. The second kappa shape index (κ2) is 5.20. The molecule has 0 saturated heterocycles. The van der Waals surface area contributed by atoms with Gasteiger partial charge in [-0.3, -0.25) is 4.79 Å². The zero-order valence-corrected chi connectivity index (χ0v) is 13.6. The lowest BCUT2D eigenvalue weighted by Crippen LogP contribution is -2.05. The molecule has 0 spiro atoms. The van der Waals surface area contributed by atoms with Crippen molar-refractivity contribution in [1.29, 1.82) is 0 Å². The summed E-state index contributed by atoms with van der Waals surface area (Å²) >= 11 is 1.78. The first-order valence-corrected chi connectivity index (χ1v) is 8.83. The van der Waals surface area contributed by atoms with Crippen LogP contribution in [0.5, 0.6) is 0 Å². The molecule has 5 rings (SSSR count). The Labute approximate surface area is 140 Å². The maximum absolute atomic E-state index is 11.2. The fraction of sp³-hybridized carbons (Fsp3) is 0.312. The van der Waals surface area contributed by atoms with E-state index in [1.165, 1.54) is 35.8 Å². The van der Waals surface area contributed by atoms with E-state index < -0.39 is 0 Å². The van der Waals surface area contributed by atoms with Gasteiger partial charge in [0, 0.05) is 10.9 Å². The lowest BCUT2D eigenvalue weighted by molar-refractivity contribution is 0.713. The average molecular weight is 338 g/mol. The number of aromatic nitrogens is 6. The molecular formula is C16H14N6OS. The van der Waals surface area contributed by atoms with Crippen LogP contribution < -0.4 is 5.56 Å². The first-order chi connectivity index (χ1) is 11.8. The van der Waals surface area contributed by atoms with Crippen molar-refractivity contribution in [2.24, 2.45) is 0 Å². The van der Waals surface area contributed by atoms with Crippen LogP contribution in [0.1, 0.15) is 29.7 Å². The minimum Gasteiger partial charge on any atom is -0.268 e. The molecule has 4 heterocycles. The molecule has 8 heteroatoms. The van der Waals surface area contributed by atoms with Gasteiger partial charge in [0.25, 0.3) is 5.56 Å². The highest BCUT2D eigenvalue weighted by Gasteiger charge is 2.20. The maximum Gasteiger partial charge on any atom is 0.264 e. The molecule has 1 N–H and O–H groups in total. The molecule has 24 heavy (non-hydrogen) atoms. The summed E-state index contributed by atoms with van der Waals surface area (Å²) in [6, 6.07) is 3.06. The summed E-state index contributed by atoms with van der Waals surface area (Å²) in [5.74, 6) is 0.495. The minimum atomic E-state index is -0.241. The van der Waals surface area contributed by atoms with E-state index in [0.29, 0.717) is 11.5 Å². The fourth-order valence-corrected chi connectivity index (χ4v) is 4.53. The highest BCUT2D eigenvalue weighted by atomic mass is 32.1. The van der Waals surface area contributed by atoms with Crippen molar-refractivity contribution in [3.05, 3.63) is 39.3 Å². The third-order valence-corrected chi connectivity index (χ3v) is 5.65. The molecule has 1 aliphatic rings. The van der Waals surface area contributed by atoms with Crippen LogP contribution in [0.25, 0.3) is 27.4 Å². The van der Waals surface area contributed by atoms with Gasteiger partial charge in [0.1, 0.15) is 16.9 Å². The van der Waals surface area contributed by atoms with Crippen LogP contribution in [0.3, 0.4) is 0 Å². The molecule has 0 bridgehead atoms. The van der Waals surface area contributed by atoms with Crippen LogP contribution in [-0.2, 0) is 12.8 Å². The lowest BCUT2D eigenvalue weighted by Gasteiger charge is -1.98. The standard InChI is InChI=1S/C16H14N6OS/c23-12-7-6-10(19-20-12)14-18-15-13-9-4-2-1-3-5-11(9)24-16(13)17-8-22(15)21-14/h6-8H,1-5H2,(H,20,23). The van der Waals surface area contributed by atoms with Gasteiger partial charge in [-0.25, -0.2) is 19.6 Å². The van der Waals surface area contributed by atoms with Gasteiger partial charge in [-0.1, -0.05) is 6.42 Å². The van der Waals surface area contributed by atoms with Crippen LogP contribution in [0, 0.1) is 0 Å². The summed E-state index contributed by atoms with van der Waals surface area (Å²) < 4.78 is 1.71. The van der Waals surface area contributed by atoms with Gasteiger partial charge >= 0.3 is 0 Å². The SMILES string of the molecule is O=c1ccc(-c2nc3c4c5c(sc4ncn3n2)CCCCC5)n[nH]1. The molecule has 1 aliphatic carbocycles. The van der Waals surface area contributed by atoms with Gasteiger partial charge in [0.05, 0.1) is 5.39 Å². The first kappa shape index (κ1) is 13.8. The summed E-state index contributed by atoms with van der Waals surface area (Å²) in [6.07, 6.45) is 7.65. The number of H-pyrrole nitrogens is 1. The van der Waals surface area contributed by atoms with Crippen molar-refractivity contribution in [3.8, 4) is 11.5 Å². The van der Waals surface area contributed by atoms with Crippen molar-refractivity contribution < 1.29 is 0 Å². The van der Waals surface area contributed by atoms with Crippen LogP contribution in [0.2, 0.25) is 0 Å². The zero-order chi connectivity index (χ0) is 16.1. The maximum atomic E-state index is 11.2. The number of thiophene rings is 1. The van der Waals surface area contributed by atoms with Crippen molar-refractivity contribution >= 4 is 27.2 Å². The van der Waals surface area contributed by atoms with Crippen LogP contribution in [-0.4, -0.2) is 29.8 Å². The molecule has 120 valence electrons. The second-order valence-corrected chi connectivity index (χ2v) is 7.08. The van der Waals surface area contributed by atoms with E-state index >= 15 is 0 Å². The van der Waals surface area contributed by atoms with Gasteiger partial charge in [-0.2, -0.15) is 5.10 Å². The summed E-state index contributed by atoms with van der Waals surface area (Å²) in [5.41, 5.74) is 2.52. The number of hydrogen-bond acceptors (Lipinski definition) is 6. The van der Waals surface area contributed by atoms with Gasteiger partial charge < -0.3 is 0 Å². The molecule has 0 aliphatic heterocycles. The van der Waals surface area contributed by atoms with E-state index in [1.54, 1.807) is 28.2 Å². The highest BCUT2D eigenvalue weighted by molar-refractivity contribution is 7.19. The van der Waals surface area contributed by atoms with E-state index in [0.717, 1.165) is 28.7 Å². The Hall–Kier alpha value is -2.61. The summed E-state index contributed by atoms with van der Waals surface area (Å²) in [7, 11) is 0. The van der Waals surface area contributed by atoms with E-state index in [9.17, 15) is 4.79 Å². The summed E-state index contributed by atoms with van der Waals surface area (Å²) in [5, 5.41) is 12.1. The normalized spacial score (nSPS) is 14.8. The molecule has 4 aromatic heterocycles. The summed E-state index contributed by atoms with van der Waals surface area (Å²) in [6.45, 7) is 0. The predicted molar refractivity (Wildman–Crippen MR) is 91.3 cm³/mol. The second-order valence-electron chi connectivity index (χ2n) is 6.00. The minimum absolute atomic E-state index is 0.241. The van der Waals surface area contributed by atoms with Crippen LogP contribution in [0.4, 0.5) is 0 Å². The van der Waals surface area contributed by atoms with E-state index in [1.807, 2.05) is 0 Å². The predicted octanol–water partition coefficient (Wildman–Crippen LogP) is 2.36. The van der Waals surface area contributed by atoms with Gasteiger partial charge in [-0.05, 0) is 37.3 Å². The number of nitrogens with zero attached hydrogens (tertiary/aromatic N) is 5. The van der Waals surface area contributed by atoms with Crippen molar-refractivity contribution in [3.63, 3.8) is 0 Å². The Bertz CT molecular complexity index is 1100. The first-order valence-electron chi connectivity index (χ1n) is 8.01. The molecule has 0 amide bonds. The third-order valence-electron chi connectivity index (χ3n) is 4.45. The Kier molecular flexibility index (Phi) is 2.99. The van der Waals surface area contributed by atoms with E-state index in [-0.39, 0.29) is 5.56 Å². The monoisotopic (exact) mass is 338 g/mol. The van der Waals surface area contributed by atoms with Gasteiger partial charge in [0.2, 0.25) is 5.82 Å². The number of hydrogen-bond donors (Lipinski definition) is 1. The Balaban J connectivity index is 1.76.